The second kappa shape index (κ2) is 7.98. The molecule has 16 heavy (non-hydrogen) atoms. The van der Waals surface area contributed by atoms with E-state index >= 15 is 0 Å². The van der Waals surface area contributed by atoms with Crippen molar-refractivity contribution in [2.24, 2.45) is 0 Å². The van der Waals surface area contributed by atoms with Gasteiger partial charge in [0.05, 0.1) is 11.5 Å². The minimum absolute atomic E-state index is 0.0570. The van der Waals surface area contributed by atoms with Crippen molar-refractivity contribution in [2.45, 2.75) is 6.42 Å². The molecule has 0 aromatic rings. The maximum absolute atomic E-state index is 11.1. The predicted molar refractivity (Wildman–Crippen MR) is 61.3 cm³/mol. The molecule has 0 saturated heterocycles. The molecule has 0 fully saturated rings. The quantitative estimate of drug-likeness (QED) is 0.628. The zero-order valence-corrected chi connectivity index (χ0v) is 10.2. The molecule has 0 unspecified atom stereocenters. The van der Waals surface area contributed by atoms with Crippen molar-refractivity contribution >= 4 is 29.5 Å². The Kier molecular flexibility index (Phi) is 7.36. The van der Waals surface area contributed by atoms with Gasteiger partial charge >= 0.3 is 5.97 Å². The van der Waals surface area contributed by atoms with Crippen LogP contribution in [0.25, 0.3) is 0 Å². The van der Waals surface area contributed by atoms with E-state index in [0.717, 1.165) is 11.8 Å². The van der Waals surface area contributed by atoms with Crippen LogP contribution in [0, 0.1) is 0 Å². The zero-order chi connectivity index (χ0) is 12.6. The third-order valence-electron chi connectivity index (χ3n) is 1.62. The second-order valence-electron chi connectivity index (χ2n) is 3.27. The van der Waals surface area contributed by atoms with Gasteiger partial charge in [-0.15, -0.1) is 11.8 Å². The van der Waals surface area contributed by atoms with Crippen LogP contribution < -0.4 is 5.32 Å². The van der Waals surface area contributed by atoms with Crippen LogP contribution in [0.2, 0.25) is 0 Å². The number of nitrogens with one attached hydrogen (secondary N) is 1. The highest BCUT2D eigenvalue weighted by molar-refractivity contribution is 8.00. The lowest BCUT2D eigenvalue weighted by Crippen LogP contribution is -2.31. The van der Waals surface area contributed by atoms with E-state index in [1.54, 1.807) is 14.1 Å². The third-order valence-corrected chi connectivity index (χ3v) is 2.54. The molecule has 0 radical (unpaired) electrons. The van der Waals surface area contributed by atoms with Gasteiger partial charge in [0.15, 0.2) is 0 Å². The first-order valence-electron chi connectivity index (χ1n) is 4.70. The van der Waals surface area contributed by atoms with Gasteiger partial charge in [0, 0.05) is 27.1 Å². The van der Waals surface area contributed by atoms with Gasteiger partial charge in [-0.3, -0.25) is 14.4 Å². The number of carbonyl (C=O) groups is 3. The SMILES string of the molecule is CN(C)C(=O)CCNC(=O)CSCC(=O)O. The molecule has 0 aliphatic heterocycles. The molecule has 92 valence electrons. The fraction of sp³-hybridized carbons (Fsp3) is 0.667. The maximum atomic E-state index is 11.1. The van der Waals surface area contributed by atoms with Gasteiger partial charge in [-0.25, -0.2) is 0 Å². The first-order chi connectivity index (χ1) is 7.43. The predicted octanol–water partition coefficient (Wildman–Crippen LogP) is -0.601. The van der Waals surface area contributed by atoms with E-state index < -0.39 is 5.97 Å². The number of carbonyl (C=O) groups excluding carboxylic acids is 2. The molecule has 2 N–H and O–H groups in total. The lowest BCUT2D eigenvalue weighted by atomic mass is 10.4. The average Bonchev–Trinajstić information content (AvgIpc) is 2.16. The largest absolute Gasteiger partial charge is 0.481 e. The highest BCUT2D eigenvalue weighted by atomic mass is 32.2. The number of aliphatic carboxylic acids is 1. The number of amides is 2. The summed E-state index contributed by atoms with van der Waals surface area (Å²) < 4.78 is 0. The number of carboxylic acids is 1. The van der Waals surface area contributed by atoms with Crippen molar-refractivity contribution in [1.82, 2.24) is 10.2 Å². The molecule has 0 saturated carbocycles. The minimum atomic E-state index is -0.944. The number of thioether (sulfide) groups is 1. The molecule has 0 heterocycles. The van der Waals surface area contributed by atoms with Crippen molar-refractivity contribution in [3.8, 4) is 0 Å². The number of hydrogen-bond donors (Lipinski definition) is 2. The Morgan fingerprint density at radius 3 is 2.38 bits per heavy atom. The van der Waals surface area contributed by atoms with Gasteiger partial charge < -0.3 is 15.3 Å². The zero-order valence-electron chi connectivity index (χ0n) is 9.36. The number of hydrogen-bond acceptors (Lipinski definition) is 4. The van der Waals surface area contributed by atoms with Crippen LogP contribution in [0.15, 0.2) is 0 Å². The van der Waals surface area contributed by atoms with Gasteiger partial charge in [0.2, 0.25) is 11.8 Å². The van der Waals surface area contributed by atoms with Crippen LogP contribution in [0.3, 0.4) is 0 Å². The van der Waals surface area contributed by atoms with Crippen molar-refractivity contribution in [1.29, 1.82) is 0 Å². The lowest BCUT2D eigenvalue weighted by Gasteiger charge is -2.10. The summed E-state index contributed by atoms with van der Waals surface area (Å²) in [6.07, 6.45) is 0.252. The molecule has 0 spiro atoms. The Labute approximate surface area is 98.4 Å². The highest BCUT2D eigenvalue weighted by Gasteiger charge is 2.06. The van der Waals surface area contributed by atoms with Gasteiger partial charge in [0.1, 0.15) is 0 Å². The molecule has 7 heteroatoms. The van der Waals surface area contributed by atoms with Crippen LogP contribution in [0.1, 0.15) is 6.42 Å². The van der Waals surface area contributed by atoms with E-state index in [0.29, 0.717) is 0 Å². The van der Waals surface area contributed by atoms with Crippen molar-refractivity contribution in [3.05, 3.63) is 0 Å². The van der Waals surface area contributed by atoms with Crippen molar-refractivity contribution in [2.75, 3.05) is 32.1 Å². The summed E-state index contributed by atoms with van der Waals surface area (Å²) >= 11 is 1.03. The standard InChI is InChI=1S/C9H16N2O4S/c1-11(2)8(13)3-4-10-7(12)5-16-6-9(14)15/h3-6H2,1-2H3,(H,10,12)(H,14,15). The summed E-state index contributed by atoms with van der Waals surface area (Å²) in [4.78, 5) is 33.9. The van der Waals surface area contributed by atoms with E-state index in [-0.39, 0.29) is 36.3 Å². The molecular formula is C9H16N2O4S. The van der Waals surface area contributed by atoms with Gasteiger partial charge in [-0.2, -0.15) is 0 Å². The van der Waals surface area contributed by atoms with Crippen LogP contribution in [0.5, 0.6) is 0 Å². The van der Waals surface area contributed by atoms with E-state index in [1.165, 1.54) is 4.90 Å². The molecule has 0 aromatic carbocycles. The molecule has 0 aliphatic rings. The first kappa shape index (κ1) is 14.8. The van der Waals surface area contributed by atoms with E-state index in [4.69, 9.17) is 5.11 Å². The number of rotatable bonds is 7. The molecular weight excluding hydrogens is 232 g/mol. The number of carboxylic acid groups (broad SMARTS) is 1. The van der Waals surface area contributed by atoms with Crippen molar-refractivity contribution in [3.63, 3.8) is 0 Å². The van der Waals surface area contributed by atoms with Crippen LogP contribution in [-0.2, 0) is 14.4 Å². The van der Waals surface area contributed by atoms with Crippen molar-refractivity contribution < 1.29 is 19.5 Å². The van der Waals surface area contributed by atoms with E-state index in [2.05, 4.69) is 5.32 Å². The normalized spacial score (nSPS) is 9.62. The molecule has 0 aliphatic carbocycles. The average molecular weight is 248 g/mol. The number of nitrogens with zero attached hydrogens (tertiary/aromatic N) is 1. The van der Waals surface area contributed by atoms with Gasteiger partial charge in [-0.1, -0.05) is 0 Å². The Morgan fingerprint density at radius 1 is 1.25 bits per heavy atom. The Morgan fingerprint density at radius 2 is 1.88 bits per heavy atom. The fourth-order valence-electron chi connectivity index (χ4n) is 0.815. The Bertz CT molecular complexity index is 268. The highest BCUT2D eigenvalue weighted by Crippen LogP contribution is 1.98. The fourth-order valence-corrected chi connectivity index (χ4v) is 1.38. The van der Waals surface area contributed by atoms with Crippen LogP contribution >= 0.6 is 11.8 Å². The topological polar surface area (TPSA) is 86.7 Å². The molecule has 0 atom stereocenters. The van der Waals surface area contributed by atoms with E-state index in [1.807, 2.05) is 0 Å². The van der Waals surface area contributed by atoms with Gasteiger partial charge in [-0.05, 0) is 0 Å². The smallest absolute Gasteiger partial charge is 0.313 e. The third kappa shape index (κ3) is 8.10. The van der Waals surface area contributed by atoms with Crippen LogP contribution in [-0.4, -0.2) is 59.9 Å². The summed E-state index contributed by atoms with van der Waals surface area (Å²) in [6, 6.07) is 0. The molecule has 0 bridgehead atoms. The first-order valence-corrected chi connectivity index (χ1v) is 5.85. The van der Waals surface area contributed by atoms with E-state index in [9.17, 15) is 14.4 Å². The Hall–Kier alpha value is -1.24. The molecule has 0 aromatic heterocycles. The summed E-state index contributed by atoms with van der Waals surface area (Å²) in [5, 5.41) is 10.9. The minimum Gasteiger partial charge on any atom is -0.481 e. The Balaban J connectivity index is 3.51. The molecule has 2 amide bonds. The monoisotopic (exact) mass is 248 g/mol. The summed E-state index contributed by atoms with van der Waals surface area (Å²) in [5.41, 5.74) is 0. The summed E-state index contributed by atoms with van der Waals surface area (Å²) in [7, 11) is 3.29. The maximum Gasteiger partial charge on any atom is 0.313 e. The lowest BCUT2D eigenvalue weighted by molar-refractivity contribution is -0.134. The summed E-state index contributed by atoms with van der Waals surface area (Å²) in [6.45, 7) is 0.281. The molecule has 0 rings (SSSR count). The summed E-state index contributed by atoms with van der Waals surface area (Å²) in [5.74, 6) is -1.25. The van der Waals surface area contributed by atoms with Crippen LogP contribution in [0.4, 0.5) is 0 Å². The van der Waals surface area contributed by atoms with Gasteiger partial charge in [0.25, 0.3) is 0 Å². The molecule has 6 nitrogen and oxygen atoms in total. The second-order valence-corrected chi connectivity index (χ2v) is 4.26.